The molecule has 1 heterocycles. The second kappa shape index (κ2) is 3.61. The van der Waals surface area contributed by atoms with E-state index in [1.165, 1.54) is 6.07 Å². The number of hydrazine groups is 1. The van der Waals surface area contributed by atoms with Crippen LogP contribution in [0.4, 0.5) is 19.0 Å². The lowest BCUT2D eigenvalue weighted by Gasteiger charge is -2.07. The summed E-state index contributed by atoms with van der Waals surface area (Å²) in [6.07, 6.45) is -3.55. The fourth-order valence-electron chi connectivity index (χ4n) is 0.764. The van der Waals surface area contributed by atoms with Crippen LogP contribution in [0.2, 0.25) is 0 Å². The predicted octanol–water partition coefficient (Wildman–Crippen LogP) is 1.65. The average Bonchev–Trinajstić information content (AvgIpc) is 2.04. The van der Waals surface area contributed by atoms with E-state index in [9.17, 15) is 13.2 Å². The molecule has 0 atom stereocenters. The number of nitrogens with one attached hydrogen (secondary N) is 2. The molecular weight excluding hydrogens is 183 g/mol. The Morgan fingerprint density at radius 2 is 2.00 bits per heavy atom. The van der Waals surface area contributed by atoms with Crippen molar-refractivity contribution in [3.63, 3.8) is 0 Å². The van der Waals surface area contributed by atoms with Gasteiger partial charge in [0.1, 0.15) is 5.82 Å². The summed E-state index contributed by atoms with van der Waals surface area (Å²) in [6.45, 7) is 0. The Morgan fingerprint density at radius 3 is 2.38 bits per heavy atom. The van der Waals surface area contributed by atoms with E-state index in [1.807, 2.05) is 0 Å². The molecule has 0 aromatic carbocycles. The lowest BCUT2D eigenvalue weighted by molar-refractivity contribution is -0.137. The summed E-state index contributed by atoms with van der Waals surface area (Å²) < 4.78 is 36.1. The van der Waals surface area contributed by atoms with Crippen molar-refractivity contribution in [2.45, 2.75) is 6.18 Å². The highest BCUT2D eigenvalue weighted by molar-refractivity contribution is 5.34. The summed E-state index contributed by atoms with van der Waals surface area (Å²) in [5, 5.41) is 0. The van der Waals surface area contributed by atoms with Gasteiger partial charge in [-0.2, -0.15) is 13.2 Å². The molecule has 2 N–H and O–H groups in total. The normalized spacial score (nSPS) is 11.4. The van der Waals surface area contributed by atoms with E-state index < -0.39 is 11.7 Å². The summed E-state index contributed by atoms with van der Waals surface area (Å²) in [5.74, 6) is 0.343. The minimum Gasteiger partial charge on any atom is -0.306 e. The maximum absolute atomic E-state index is 12.0. The fraction of sp³-hybridized carbons (Fsp3) is 0.286. The van der Waals surface area contributed by atoms with Gasteiger partial charge in [0, 0.05) is 13.2 Å². The first-order valence-electron chi connectivity index (χ1n) is 3.50. The zero-order valence-corrected chi connectivity index (χ0v) is 6.81. The molecule has 1 aromatic heterocycles. The molecule has 13 heavy (non-hydrogen) atoms. The van der Waals surface area contributed by atoms with Crippen molar-refractivity contribution >= 4 is 5.82 Å². The summed E-state index contributed by atoms with van der Waals surface area (Å²) >= 11 is 0. The maximum atomic E-state index is 12.0. The SMILES string of the molecule is CNNc1ccc(C(F)(F)F)cn1. The van der Waals surface area contributed by atoms with E-state index in [4.69, 9.17) is 0 Å². The van der Waals surface area contributed by atoms with Gasteiger partial charge in [0.2, 0.25) is 0 Å². The molecule has 3 nitrogen and oxygen atoms in total. The number of alkyl halides is 3. The van der Waals surface area contributed by atoms with Crippen LogP contribution < -0.4 is 10.9 Å². The van der Waals surface area contributed by atoms with Crippen LogP contribution in [0, 0.1) is 0 Å². The van der Waals surface area contributed by atoms with Crippen LogP contribution in [0.3, 0.4) is 0 Å². The molecule has 0 radical (unpaired) electrons. The summed E-state index contributed by atoms with van der Waals surface area (Å²) in [4.78, 5) is 3.54. The molecule has 0 amide bonds. The van der Waals surface area contributed by atoms with Crippen LogP contribution >= 0.6 is 0 Å². The van der Waals surface area contributed by atoms with Crippen LogP contribution in [-0.2, 0) is 6.18 Å². The highest BCUT2D eigenvalue weighted by Gasteiger charge is 2.30. The van der Waals surface area contributed by atoms with E-state index >= 15 is 0 Å². The van der Waals surface area contributed by atoms with Crippen molar-refractivity contribution in [2.75, 3.05) is 12.5 Å². The van der Waals surface area contributed by atoms with Gasteiger partial charge < -0.3 is 5.43 Å². The zero-order chi connectivity index (χ0) is 9.90. The molecule has 0 aliphatic rings. The van der Waals surface area contributed by atoms with Crippen LogP contribution in [0.1, 0.15) is 5.56 Å². The van der Waals surface area contributed by atoms with Crippen LogP contribution in [0.15, 0.2) is 18.3 Å². The van der Waals surface area contributed by atoms with Gasteiger partial charge in [0.05, 0.1) is 5.56 Å². The van der Waals surface area contributed by atoms with E-state index in [0.29, 0.717) is 5.82 Å². The number of hydrogen-bond acceptors (Lipinski definition) is 3. The van der Waals surface area contributed by atoms with Gasteiger partial charge in [-0.25, -0.2) is 10.4 Å². The Balaban J connectivity index is 2.81. The number of rotatable bonds is 2. The Labute approximate surface area is 72.9 Å². The second-order valence-electron chi connectivity index (χ2n) is 2.30. The Hall–Kier alpha value is -1.30. The molecule has 0 spiro atoms. The molecule has 0 bridgehead atoms. The number of anilines is 1. The first kappa shape index (κ1) is 9.79. The number of halogens is 3. The molecule has 0 aliphatic carbocycles. The summed E-state index contributed by atoms with van der Waals surface area (Å²) in [7, 11) is 1.60. The van der Waals surface area contributed by atoms with Crippen molar-refractivity contribution in [3.8, 4) is 0 Å². The Morgan fingerprint density at radius 1 is 1.31 bits per heavy atom. The van der Waals surface area contributed by atoms with E-state index in [1.54, 1.807) is 7.05 Å². The predicted molar refractivity (Wildman–Crippen MR) is 41.9 cm³/mol. The molecule has 0 saturated heterocycles. The molecule has 0 unspecified atom stereocenters. The summed E-state index contributed by atoms with van der Waals surface area (Å²) in [6, 6.07) is 2.21. The van der Waals surface area contributed by atoms with Gasteiger partial charge in [-0.3, -0.25) is 0 Å². The molecule has 0 saturated carbocycles. The van der Waals surface area contributed by atoms with Gasteiger partial charge in [-0.1, -0.05) is 0 Å². The first-order valence-corrected chi connectivity index (χ1v) is 3.50. The van der Waals surface area contributed by atoms with Crippen molar-refractivity contribution in [1.29, 1.82) is 0 Å². The van der Waals surface area contributed by atoms with E-state index in [0.717, 1.165) is 12.3 Å². The molecule has 1 aromatic rings. The van der Waals surface area contributed by atoms with Crippen molar-refractivity contribution < 1.29 is 13.2 Å². The van der Waals surface area contributed by atoms with Gasteiger partial charge in [0.25, 0.3) is 0 Å². The monoisotopic (exact) mass is 191 g/mol. The quantitative estimate of drug-likeness (QED) is 0.698. The van der Waals surface area contributed by atoms with Crippen LogP contribution in [-0.4, -0.2) is 12.0 Å². The van der Waals surface area contributed by atoms with Gasteiger partial charge >= 0.3 is 6.18 Å². The third-order valence-corrected chi connectivity index (χ3v) is 1.34. The minimum atomic E-state index is -4.33. The first-order chi connectivity index (χ1) is 6.04. The molecular formula is C7H8F3N3. The number of aromatic nitrogens is 1. The van der Waals surface area contributed by atoms with E-state index in [2.05, 4.69) is 15.8 Å². The van der Waals surface area contributed by atoms with Crippen molar-refractivity contribution in [1.82, 2.24) is 10.4 Å². The Kier molecular flexibility index (Phi) is 2.72. The van der Waals surface area contributed by atoms with Gasteiger partial charge in [-0.05, 0) is 12.1 Å². The molecule has 1 rings (SSSR count). The summed E-state index contributed by atoms with van der Waals surface area (Å²) in [5.41, 5.74) is 4.35. The fourth-order valence-corrected chi connectivity index (χ4v) is 0.764. The topological polar surface area (TPSA) is 37.0 Å². The van der Waals surface area contributed by atoms with E-state index in [-0.39, 0.29) is 0 Å². The maximum Gasteiger partial charge on any atom is 0.417 e. The lowest BCUT2D eigenvalue weighted by Crippen LogP contribution is -2.16. The molecule has 0 aliphatic heterocycles. The standard InChI is InChI=1S/C7H8F3N3/c1-11-13-6-3-2-5(4-12-6)7(8,9)10/h2-4,11H,1H3,(H,12,13). The molecule has 6 heteroatoms. The largest absolute Gasteiger partial charge is 0.417 e. The van der Waals surface area contributed by atoms with Crippen LogP contribution in [0.5, 0.6) is 0 Å². The highest BCUT2D eigenvalue weighted by Crippen LogP contribution is 2.28. The third-order valence-electron chi connectivity index (χ3n) is 1.34. The minimum absolute atomic E-state index is 0.343. The van der Waals surface area contributed by atoms with Crippen molar-refractivity contribution in [2.24, 2.45) is 0 Å². The van der Waals surface area contributed by atoms with Crippen molar-refractivity contribution in [3.05, 3.63) is 23.9 Å². The highest BCUT2D eigenvalue weighted by atomic mass is 19.4. The van der Waals surface area contributed by atoms with Gasteiger partial charge in [-0.15, -0.1) is 0 Å². The Bertz CT molecular complexity index is 267. The number of nitrogens with zero attached hydrogens (tertiary/aromatic N) is 1. The average molecular weight is 191 g/mol. The number of pyridine rings is 1. The number of hydrogen-bond donors (Lipinski definition) is 2. The second-order valence-corrected chi connectivity index (χ2v) is 2.30. The smallest absolute Gasteiger partial charge is 0.306 e. The lowest BCUT2D eigenvalue weighted by atomic mass is 10.3. The molecule has 72 valence electrons. The van der Waals surface area contributed by atoms with Gasteiger partial charge in [0.15, 0.2) is 0 Å². The zero-order valence-electron chi connectivity index (χ0n) is 6.81. The van der Waals surface area contributed by atoms with Crippen LogP contribution in [0.25, 0.3) is 0 Å². The molecule has 0 fully saturated rings. The third kappa shape index (κ3) is 2.59.